The second-order valence-corrected chi connectivity index (χ2v) is 25.7. The fraction of sp³-hybridized carbons (Fsp3) is 0.478. The molecule has 4 aliphatic rings. The number of halogens is 1. The molecule has 0 unspecified atom stereocenters. The number of aromatic nitrogens is 16. The van der Waals surface area contributed by atoms with Crippen molar-refractivity contribution in [1.29, 1.82) is 0 Å². The number of amides is 3. The lowest BCUT2D eigenvalue weighted by Gasteiger charge is -2.26. The van der Waals surface area contributed by atoms with Crippen molar-refractivity contribution in [1.82, 2.24) is 88.7 Å². The van der Waals surface area contributed by atoms with Crippen LogP contribution in [0.15, 0.2) is 38.9 Å². The Morgan fingerprint density at radius 1 is 0.559 bits per heavy atom. The molecule has 9 aromatic heterocycles. The number of alkyl carbamates (subject to hydrolysis) is 2. The number of ether oxygens (including phenoxy) is 9. The highest BCUT2D eigenvalue weighted by Crippen LogP contribution is 2.43. The van der Waals surface area contributed by atoms with Crippen LogP contribution in [0.3, 0.4) is 0 Å². The number of fused-ring (bicyclic) bond motifs is 4. The van der Waals surface area contributed by atoms with E-state index in [2.05, 4.69) is 104 Å². The van der Waals surface area contributed by atoms with Gasteiger partial charge in [-0.15, -0.1) is 25.7 Å². The van der Waals surface area contributed by atoms with Gasteiger partial charge in [-0.25, -0.2) is 73.8 Å². The predicted molar refractivity (Wildman–Crippen MR) is 378 cm³/mol. The summed E-state index contributed by atoms with van der Waals surface area (Å²) in [5.74, 6) is 10.7. The molecule has 111 heavy (non-hydrogen) atoms. The molecule has 4 aliphatic heterocycles. The van der Waals surface area contributed by atoms with Crippen molar-refractivity contribution in [3.63, 3.8) is 0 Å². The first-order valence-electron chi connectivity index (χ1n) is 33.6. The summed E-state index contributed by atoms with van der Waals surface area (Å²) in [6, 6.07) is -0.0906. The number of rotatable bonds is 16. The summed E-state index contributed by atoms with van der Waals surface area (Å²) in [6.45, 7) is 11.5. The zero-order chi connectivity index (χ0) is 80.8. The number of aryl methyl sites for hydroxylation is 4. The minimum atomic E-state index is -1.63. The number of nitrogens with one attached hydrogen (secondary N) is 3. The van der Waals surface area contributed by atoms with Gasteiger partial charge in [-0.3, -0.25) is 23.6 Å². The van der Waals surface area contributed by atoms with Gasteiger partial charge in [0, 0.05) is 38.8 Å². The van der Waals surface area contributed by atoms with Gasteiger partial charge in [0.15, 0.2) is 91.9 Å². The molecule has 0 saturated carbocycles. The molecule has 9 aromatic rings. The van der Waals surface area contributed by atoms with Gasteiger partial charge in [-0.1, -0.05) is 23.7 Å². The van der Waals surface area contributed by atoms with E-state index >= 15 is 0 Å². The minimum absolute atomic E-state index is 0.0188. The molecule has 3 amide bonds. The van der Waals surface area contributed by atoms with E-state index in [1.165, 1.54) is 43.8 Å². The lowest BCUT2D eigenvalue weighted by atomic mass is 9.99. The molecule has 4 saturated heterocycles. The van der Waals surface area contributed by atoms with Crippen LogP contribution in [0.25, 0.3) is 44.7 Å². The Bertz CT molecular complexity index is 5210. The number of nitrogens with two attached hydrogens (primary N) is 3. The summed E-state index contributed by atoms with van der Waals surface area (Å²) in [4.78, 5) is 107. The number of hydrogen-bond acceptors (Lipinski definition) is 36. The fourth-order valence-corrected chi connectivity index (χ4v) is 11.8. The van der Waals surface area contributed by atoms with Gasteiger partial charge in [0.25, 0.3) is 0 Å². The third-order valence-corrected chi connectivity index (χ3v) is 17.3. The van der Waals surface area contributed by atoms with Gasteiger partial charge in [-0.05, 0) is 55.4 Å². The maximum atomic E-state index is 13.9. The first-order valence-corrected chi connectivity index (χ1v) is 33.6. The van der Waals surface area contributed by atoms with Crippen molar-refractivity contribution < 1.29 is 101 Å². The minimum Gasteiger partial charge on any atom is -0.447 e. The molecule has 44 heteroatoms. The standard InChI is InChI=1S/C19H19N5O8.C17H22N6O4.C16H18FN5O5.C15H18N6O4/c1-4-19(7-29-17(26)28-6-11-9(2)30-18(27)31-11)12(25)5-13(32-19)24-8-21-14-15(20)22-10(3)23-16(14)24;1-5-17(7-26-16(25)20-9(2)3)11(24)6-12(27-17)23-8-19-13-14(18)21-10(4)22-15(13)23;1-4-16(6-23)9(24)5-10(27-16)22-7-18-11-12(19-14(17)21-13(11)22)20-15(25)26-8(2)3;1-4-15(6-24-14(23)17-3)9(22)5-10(25-15)21-7-18-11-12(16)19-8(2)20-13(11)21/h1,8,12-13,25H,5-7H2,2-3H3,(H2,20,22,23);1,8-9,11-12,24H,6-7H2,2-4H3,(H,20,25)(H2,18,21,22);1,7-10,23-24H,5-6H2,2-3H3,(H,19,20,21,25);1,7,9-10,22H,5-6H2,2-3H3,(H,17,23)(H2,16,19,20)/t12-,13+,19+;11-,12+,17+;9-,10+,16+;9-,10+,15+/m0000/s1. The molecule has 0 aromatic carbocycles. The highest BCUT2D eigenvalue weighted by molar-refractivity contribution is 5.93. The van der Waals surface area contributed by atoms with E-state index in [4.69, 9.17) is 89.9 Å². The van der Waals surface area contributed by atoms with Crippen LogP contribution < -0.4 is 39.0 Å². The summed E-state index contributed by atoms with van der Waals surface area (Å²) in [6.07, 6.45) is 16.4. The largest absolute Gasteiger partial charge is 0.519 e. The maximum absolute atomic E-state index is 13.9. The molecule has 588 valence electrons. The first kappa shape index (κ1) is 81.0. The molecule has 13 rings (SSSR count). The Labute approximate surface area is 627 Å². The number of aliphatic hydroxyl groups excluding tert-OH is 5. The summed E-state index contributed by atoms with van der Waals surface area (Å²) in [5.41, 5.74) is 14.2. The SMILES string of the molecule is C#C[C@]1(CO)O[C@@H](n2cnc3c(NC(=O)OC(C)C)nc(F)nc32)C[C@@H]1O.C#C[C@]1(COC(=O)NC(C)C)O[C@@H](n2cnc3c(N)nc(C)nc32)C[C@@H]1O.C#C[C@]1(COC(=O)NC)O[C@@H](n2cnc3c(N)nc(C)nc32)C[C@@H]1O.C#C[C@]1(COC(=O)OCc2oc(=O)oc2C)O[C@@H](n2cnc3c(N)nc(C)nc32)C[C@@H]1O. The fourth-order valence-electron chi connectivity index (χ4n) is 11.8. The molecule has 0 bridgehead atoms. The van der Waals surface area contributed by atoms with E-state index in [-0.39, 0.29) is 104 Å². The van der Waals surface area contributed by atoms with Crippen molar-refractivity contribution in [3.8, 4) is 49.4 Å². The van der Waals surface area contributed by atoms with E-state index in [0.717, 1.165) is 0 Å². The molecule has 12 atom stereocenters. The third-order valence-electron chi connectivity index (χ3n) is 17.3. The van der Waals surface area contributed by atoms with E-state index in [1.54, 1.807) is 62.2 Å². The zero-order valence-electron chi connectivity index (χ0n) is 60.8. The summed E-state index contributed by atoms with van der Waals surface area (Å²) in [7, 11) is 1.42. The van der Waals surface area contributed by atoms with Crippen molar-refractivity contribution in [2.75, 3.05) is 56.0 Å². The van der Waals surface area contributed by atoms with Gasteiger partial charge in [-0.2, -0.15) is 14.4 Å². The van der Waals surface area contributed by atoms with Gasteiger partial charge in [0.2, 0.25) is 0 Å². The van der Waals surface area contributed by atoms with Crippen LogP contribution >= 0.6 is 0 Å². The lowest BCUT2D eigenvalue weighted by Crippen LogP contribution is -2.44. The number of imidazole rings is 4. The van der Waals surface area contributed by atoms with Gasteiger partial charge in [0.1, 0.15) is 103 Å². The number of aliphatic hydroxyl groups is 5. The molecule has 14 N–H and O–H groups in total. The molecule has 13 heterocycles. The van der Waals surface area contributed by atoms with Crippen LogP contribution in [0.1, 0.15) is 107 Å². The second kappa shape index (κ2) is 33.1. The Balaban J connectivity index is 0.000000158. The smallest absolute Gasteiger partial charge is 0.447 e. The normalized spacial score (nSPS) is 24.4. The highest BCUT2D eigenvalue weighted by atomic mass is 19.1. The molecule has 0 spiro atoms. The van der Waals surface area contributed by atoms with E-state index in [9.17, 15) is 53.9 Å². The molecule has 43 nitrogen and oxygen atoms in total. The quantitative estimate of drug-likeness (QED) is 0.0282. The van der Waals surface area contributed by atoms with Crippen molar-refractivity contribution in [2.24, 2.45) is 0 Å². The van der Waals surface area contributed by atoms with Crippen LogP contribution in [0.2, 0.25) is 0 Å². The molecule has 0 aliphatic carbocycles. The summed E-state index contributed by atoms with van der Waals surface area (Å²) < 4.78 is 77.8. The molecule has 4 fully saturated rings. The van der Waals surface area contributed by atoms with Crippen LogP contribution in [-0.4, -0.2) is 220 Å². The predicted octanol–water partition coefficient (Wildman–Crippen LogP) is 1.37. The molecular weight excluding hydrogens is 1470 g/mol. The van der Waals surface area contributed by atoms with E-state index in [1.807, 2.05) is 0 Å². The van der Waals surface area contributed by atoms with Gasteiger partial charge < -0.3 is 105 Å². The number of carbonyl (C=O) groups is 4. The Hall–Kier alpha value is -12.5. The van der Waals surface area contributed by atoms with Crippen LogP contribution in [0.4, 0.5) is 46.8 Å². The second-order valence-electron chi connectivity index (χ2n) is 25.7. The Morgan fingerprint density at radius 2 is 0.937 bits per heavy atom. The van der Waals surface area contributed by atoms with Crippen molar-refractivity contribution in [2.45, 2.75) is 172 Å². The average Bonchev–Trinajstić information content (AvgIpc) is 1.63. The number of nitrogen functional groups attached to an aromatic ring is 3. The number of nitrogens with zero attached hydrogens (tertiary/aromatic N) is 16. The monoisotopic (exact) mass is 1540 g/mol. The summed E-state index contributed by atoms with van der Waals surface area (Å²) >= 11 is 0. The maximum Gasteiger partial charge on any atom is 0.519 e. The highest BCUT2D eigenvalue weighted by Gasteiger charge is 2.53. The lowest BCUT2D eigenvalue weighted by molar-refractivity contribution is -0.0987. The number of anilines is 4. The summed E-state index contributed by atoms with van der Waals surface area (Å²) in [5, 5.41) is 58.4. The van der Waals surface area contributed by atoms with Crippen molar-refractivity contribution >= 4 is 92.4 Å². The van der Waals surface area contributed by atoms with E-state index < -0.39 is 121 Å². The van der Waals surface area contributed by atoms with E-state index in [0.29, 0.717) is 51.0 Å². The van der Waals surface area contributed by atoms with Crippen molar-refractivity contribution in [3.05, 3.63) is 71.0 Å². The van der Waals surface area contributed by atoms with Crippen LogP contribution in [0, 0.1) is 83.1 Å². The topological polar surface area (TPSA) is 584 Å². The van der Waals surface area contributed by atoms with Crippen LogP contribution in [0.5, 0.6) is 0 Å². The number of hydrogen-bond donors (Lipinski definition) is 11. The molecule has 0 radical (unpaired) electrons. The number of carbonyl (C=O) groups excluding carboxylic acids is 4. The number of terminal acetylenes is 4. The Kier molecular flexibility index (Phi) is 24.2. The van der Waals surface area contributed by atoms with Gasteiger partial charge in [0.05, 0.1) is 38.0 Å². The molecular formula is C67H77FN22O21. The third kappa shape index (κ3) is 17.2. The van der Waals surface area contributed by atoms with Crippen LogP contribution in [-0.2, 0) is 49.2 Å². The Morgan fingerprint density at radius 3 is 1.30 bits per heavy atom. The zero-order valence-corrected chi connectivity index (χ0v) is 60.8. The average molecular weight is 1550 g/mol. The first-order chi connectivity index (χ1) is 52.7. The van der Waals surface area contributed by atoms with Gasteiger partial charge >= 0.3 is 36.3 Å².